The predicted molar refractivity (Wildman–Crippen MR) is 89.3 cm³/mol. The minimum absolute atomic E-state index is 0.0278. The van der Waals surface area contributed by atoms with Crippen molar-refractivity contribution in [3.63, 3.8) is 0 Å². The second-order valence-corrected chi connectivity index (χ2v) is 7.69. The topological polar surface area (TPSA) is 136 Å². The first-order valence-corrected chi connectivity index (χ1v) is 9.55. The van der Waals surface area contributed by atoms with E-state index in [0.717, 1.165) is 0 Å². The Morgan fingerprint density at radius 1 is 1.23 bits per heavy atom. The normalized spacial score (nSPS) is 15.9. The van der Waals surface area contributed by atoms with Gasteiger partial charge in [0, 0.05) is 19.0 Å². The average Bonchev–Trinajstić information content (AvgIpc) is 3.31. The molecule has 0 bridgehead atoms. The Labute approximate surface area is 150 Å². The fourth-order valence-corrected chi connectivity index (χ4v) is 3.67. The van der Waals surface area contributed by atoms with Crippen molar-refractivity contribution in [1.82, 2.24) is 9.62 Å². The lowest BCUT2D eigenvalue weighted by molar-refractivity contribution is -0.123. The zero-order chi connectivity index (χ0) is 18.7. The first-order valence-electron chi connectivity index (χ1n) is 8.07. The van der Waals surface area contributed by atoms with Crippen molar-refractivity contribution >= 4 is 21.8 Å². The number of hydrogen-bond donors (Lipinski definition) is 2. The standard InChI is InChI=1S/C16H19N3O6S/c17-15(20)11-5-7-19(8-6-11)16(21)13-3-4-14(25-13)26(22,23)18-10-12-2-1-9-24-12/h1-4,9,11,18H,5-8,10H2,(H2,17,20). The van der Waals surface area contributed by atoms with Crippen LogP contribution in [-0.2, 0) is 21.4 Å². The van der Waals surface area contributed by atoms with Gasteiger partial charge in [0.1, 0.15) is 5.76 Å². The molecule has 26 heavy (non-hydrogen) atoms. The van der Waals surface area contributed by atoms with Crippen LogP contribution in [0, 0.1) is 5.92 Å². The van der Waals surface area contributed by atoms with Crippen LogP contribution in [0.2, 0.25) is 0 Å². The van der Waals surface area contributed by atoms with Gasteiger partial charge in [-0.25, -0.2) is 13.1 Å². The van der Waals surface area contributed by atoms with Crippen molar-refractivity contribution in [3.05, 3.63) is 42.0 Å². The molecule has 10 heteroatoms. The van der Waals surface area contributed by atoms with Crippen LogP contribution in [0.25, 0.3) is 0 Å². The van der Waals surface area contributed by atoms with Gasteiger partial charge >= 0.3 is 0 Å². The Hall–Kier alpha value is -2.59. The highest BCUT2D eigenvalue weighted by molar-refractivity contribution is 7.89. The molecule has 0 aromatic carbocycles. The van der Waals surface area contributed by atoms with Gasteiger partial charge in [-0.1, -0.05) is 0 Å². The largest absolute Gasteiger partial charge is 0.468 e. The van der Waals surface area contributed by atoms with Crippen molar-refractivity contribution in [2.75, 3.05) is 13.1 Å². The van der Waals surface area contributed by atoms with Gasteiger partial charge in [0.05, 0.1) is 12.8 Å². The predicted octanol–water partition coefficient (Wildman–Crippen LogP) is 0.689. The molecule has 0 aliphatic carbocycles. The molecule has 1 saturated heterocycles. The third-order valence-electron chi connectivity index (χ3n) is 4.26. The Bertz CT molecular complexity index is 879. The molecule has 0 atom stereocenters. The number of hydrogen-bond acceptors (Lipinski definition) is 6. The lowest BCUT2D eigenvalue weighted by Crippen LogP contribution is -2.41. The molecular weight excluding hydrogens is 362 g/mol. The summed E-state index contributed by atoms with van der Waals surface area (Å²) < 4.78 is 37.1. The summed E-state index contributed by atoms with van der Waals surface area (Å²) >= 11 is 0. The van der Waals surface area contributed by atoms with Gasteiger partial charge in [0.25, 0.3) is 15.9 Å². The van der Waals surface area contributed by atoms with Gasteiger partial charge in [-0.05, 0) is 37.1 Å². The first kappa shape index (κ1) is 18.2. The fourth-order valence-electron chi connectivity index (χ4n) is 2.75. The summed E-state index contributed by atoms with van der Waals surface area (Å²) in [7, 11) is -3.91. The molecule has 0 unspecified atom stereocenters. The molecule has 0 spiro atoms. The van der Waals surface area contributed by atoms with E-state index in [-0.39, 0.29) is 29.2 Å². The highest BCUT2D eigenvalue weighted by Gasteiger charge is 2.29. The molecule has 9 nitrogen and oxygen atoms in total. The molecule has 2 aromatic heterocycles. The SMILES string of the molecule is NC(=O)C1CCN(C(=O)c2ccc(S(=O)(=O)NCc3ccco3)o2)CC1. The number of nitrogens with one attached hydrogen (secondary N) is 1. The molecule has 3 heterocycles. The molecule has 1 aliphatic rings. The number of likely N-dealkylation sites (tertiary alicyclic amines) is 1. The number of primary amides is 1. The highest BCUT2D eigenvalue weighted by Crippen LogP contribution is 2.21. The second kappa shape index (κ2) is 7.34. The van der Waals surface area contributed by atoms with E-state index < -0.39 is 15.9 Å². The second-order valence-electron chi connectivity index (χ2n) is 5.99. The minimum atomic E-state index is -3.91. The average molecular weight is 381 g/mol. The van der Waals surface area contributed by atoms with Crippen LogP contribution in [-0.4, -0.2) is 38.2 Å². The lowest BCUT2D eigenvalue weighted by Gasteiger charge is -2.29. The maximum atomic E-state index is 12.4. The van der Waals surface area contributed by atoms with Gasteiger partial charge in [-0.2, -0.15) is 0 Å². The number of rotatable bonds is 6. The summed E-state index contributed by atoms with van der Waals surface area (Å²) in [4.78, 5) is 25.1. The van der Waals surface area contributed by atoms with Gasteiger partial charge in [0.2, 0.25) is 11.0 Å². The molecule has 0 radical (unpaired) electrons. The van der Waals surface area contributed by atoms with Gasteiger partial charge in [-0.15, -0.1) is 0 Å². The molecule has 1 fully saturated rings. The molecule has 1 aliphatic heterocycles. The Morgan fingerprint density at radius 3 is 2.58 bits per heavy atom. The van der Waals surface area contributed by atoms with Crippen molar-refractivity contribution in [2.24, 2.45) is 11.7 Å². The summed E-state index contributed by atoms with van der Waals surface area (Å²) in [5.74, 6) is -0.640. The minimum Gasteiger partial charge on any atom is -0.468 e. The van der Waals surface area contributed by atoms with Gasteiger partial charge in [0.15, 0.2) is 5.76 Å². The van der Waals surface area contributed by atoms with E-state index in [1.54, 1.807) is 12.1 Å². The Balaban J connectivity index is 1.63. The van der Waals surface area contributed by atoms with Crippen LogP contribution >= 0.6 is 0 Å². The van der Waals surface area contributed by atoms with Crippen molar-refractivity contribution in [1.29, 1.82) is 0 Å². The quantitative estimate of drug-likeness (QED) is 0.755. The number of carbonyl (C=O) groups excluding carboxylic acids is 2. The lowest BCUT2D eigenvalue weighted by atomic mass is 9.96. The monoisotopic (exact) mass is 381 g/mol. The number of piperidine rings is 1. The van der Waals surface area contributed by atoms with Crippen molar-refractivity contribution in [2.45, 2.75) is 24.5 Å². The third kappa shape index (κ3) is 3.97. The van der Waals surface area contributed by atoms with E-state index in [1.807, 2.05) is 0 Å². The van der Waals surface area contributed by atoms with Crippen LogP contribution in [0.1, 0.15) is 29.2 Å². The van der Waals surface area contributed by atoms with E-state index in [2.05, 4.69) is 4.72 Å². The van der Waals surface area contributed by atoms with Gasteiger partial charge in [-0.3, -0.25) is 9.59 Å². The first-order chi connectivity index (χ1) is 12.4. The third-order valence-corrected chi connectivity index (χ3v) is 5.53. The molecular formula is C16H19N3O6S. The molecule has 3 rings (SSSR count). The highest BCUT2D eigenvalue weighted by atomic mass is 32.2. The molecule has 3 N–H and O–H groups in total. The maximum absolute atomic E-state index is 12.4. The summed E-state index contributed by atoms with van der Waals surface area (Å²) in [6.07, 6.45) is 2.41. The smallest absolute Gasteiger partial charge is 0.289 e. The Morgan fingerprint density at radius 2 is 1.96 bits per heavy atom. The van der Waals surface area contributed by atoms with Crippen LogP contribution in [0.3, 0.4) is 0 Å². The van der Waals surface area contributed by atoms with Crippen molar-refractivity contribution in [3.8, 4) is 0 Å². The van der Waals surface area contributed by atoms with E-state index in [9.17, 15) is 18.0 Å². The number of nitrogens with two attached hydrogens (primary N) is 1. The van der Waals surface area contributed by atoms with E-state index in [4.69, 9.17) is 14.6 Å². The number of sulfonamides is 1. The van der Waals surface area contributed by atoms with Crippen LogP contribution < -0.4 is 10.5 Å². The number of nitrogens with zero attached hydrogens (tertiary/aromatic N) is 1. The number of carbonyl (C=O) groups is 2. The summed E-state index contributed by atoms with van der Waals surface area (Å²) in [5.41, 5.74) is 5.27. The van der Waals surface area contributed by atoms with E-state index in [1.165, 1.54) is 23.3 Å². The summed E-state index contributed by atoms with van der Waals surface area (Å²) in [6, 6.07) is 5.84. The molecule has 2 aromatic rings. The van der Waals surface area contributed by atoms with Crippen LogP contribution in [0.15, 0.2) is 44.5 Å². The Kier molecular flexibility index (Phi) is 5.14. The summed E-state index contributed by atoms with van der Waals surface area (Å²) in [6.45, 7) is 0.706. The number of amides is 2. The van der Waals surface area contributed by atoms with Gasteiger partial charge < -0.3 is 19.5 Å². The number of furan rings is 2. The summed E-state index contributed by atoms with van der Waals surface area (Å²) in [5, 5.41) is -0.348. The zero-order valence-corrected chi connectivity index (χ0v) is 14.7. The van der Waals surface area contributed by atoms with E-state index >= 15 is 0 Å². The van der Waals surface area contributed by atoms with Crippen LogP contribution in [0.5, 0.6) is 0 Å². The van der Waals surface area contributed by atoms with Crippen LogP contribution in [0.4, 0.5) is 0 Å². The molecule has 140 valence electrons. The molecule has 2 amide bonds. The fraction of sp³-hybridized carbons (Fsp3) is 0.375. The molecule has 0 saturated carbocycles. The zero-order valence-electron chi connectivity index (χ0n) is 13.9. The maximum Gasteiger partial charge on any atom is 0.289 e. The van der Waals surface area contributed by atoms with E-state index in [0.29, 0.717) is 31.7 Å². The van der Waals surface area contributed by atoms with Crippen molar-refractivity contribution < 1.29 is 26.8 Å².